The quantitative estimate of drug-likeness (QED) is 0.0834. The van der Waals surface area contributed by atoms with E-state index < -0.39 is 5.25 Å². The highest BCUT2D eigenvalue weighted by molar-refractivity contribution is 8.01. The summed E-state index contributed by atoms with van der Waals surface area (Å²) >= 11 is 7.45. The van der Waals surface area contributed by atoms with Crippen molar-refractivity contribution in [3.63, 3.8) is 0 Å². The van der Waals surface area contributed by atoms with Crippen molar-refractivity contribution in [2.75, 3.05) is 31.3 Å². The van der Waals surface area contributed by atoms with E-state index in [-0.39, 0.29) is 35.9 Å². The third-order valence-electron chi connectivity index (χ3n) is 8.17. The van der Waals surface area contributed by atoms with E-state index in [0.717, 1.165) is 48.1 Å². The molecular weight excluding hydrogens is 616 g/mol. The van der Waals surface area contributed by atoms with Gasteiger partial charge in [0.2, 0.25) is 17.7 Å². The van der Waals surface area contributed by atoms with E-state index in [1.165, 1.54) is 16.7 Å². The van der Waals surface area contributed by atoms with Gasteiger partial charge in [-0.25, -0.2) is 4.98 Å². The molecule has 11 nitrogen and oxygen atoms in total. The summed E-state index contributed by atoms with van der Waals surface area (Å²) in [5, 5.41) is 13.6. The molecule has 236 valence electrons. The van der Waals surface area contributed by atoms with Crippen molar-refractivity contribution < 1.29 is 23.9 Å². The highest BCUT2D eigenvalue weighted by atomic mass is 35.5. The minimum absolute atomic E-state index is 0.121. The number of pyridine rings is 1. The zero-order valence-electron chi connectivity index (χ0n) is 24.9. The first-order valence-corrected chi connectivity index (χ1v) is 16.5. The molecule has 3 aromatic rings. The maximum atomic E-state index is 12.9. The number of halogens is 1. The predicted octanol–water partition coefficient (Wildman–Crippen LogP) is 5.03. The first kappa shape index (κ1) is 31.0. The summed E-state index contributed by atoms with van der Waals surface area (Å²) in [6, 6.07) is 7.41. The van der Waals surface area contributed by atoms with E-state index in [1.54, 1.807) is 19.4 Å². The second kappa shape index (κ2) is 13.9. The zero-order valence-corrected chi connectivity index (χ0v) is 26.5. The van der Waals surface area contributed by atoms with Crippen LogP contribution in [0.5, 0.6) is 11.5 Å². The number of rotatable bonds is 12. The summed E-state index contributed by atoms with van der Waals surface area (Å²) in [5.41, 5.74) is 4.67. The number of H-pyrrole nitrogens is 1. The first-order valence-electron chi connectivity index (χ1n) is 15.1. The number of allylic oxidation sites excluding steroid dienone is 1. The van der Waals surface area contributed by atoms with Crippen molar-refractivity contribution in [3.05, 3.63) is 58.9 Å². The third kappa shape index (κ3) is 6.81. The molecule has 3 aliphatic rings. The number of fused-ring (bicyclic) bond motifs is 3. The fraction of sp³-hybridized carbons (Fsp3) is 0.406. The summed E-state index contributed by atoms with van der Waals surface area (Å²) in [5.74, 6) is 1.53. The lowest BCUT2D eigenvalue weighted by molar-refractivity contribution is -0.140. The SMILES string of the molecule is COc1cc2c(cc1OCCCNC(=O)CSC1CC(=O)N(C3C=CCCCC3)C1=O)Cc1c(Nc3cccnc3Cl)n[nH]c1-2. The number of amides is 3. The van der Waals surface area contributed by atoms with E-state index >= 15 is 0 Å². The number of thioether (sulfide) groups is 1. The second-order valence-electron chi connectivity index (χ2n) is 11.2. The van der Waals surface area contributed by atoms with Crippen molar-refractivity contribution in [3.8, 4) is 22.8 Å². The van der Waals surface area contributed by atoms with Gasteiger partial charge in [0.25, 0.3) is 0 Å². The number of nitrogens with zero attached hydrogens (tertiary/aromatic N) is 3. The minimum atomic E-state index is -0.507. The van der Waals surface area contributed by atoms with Crippen molar-refractivity contribution >= 4 is 52.6 Å². The zero-order chi connectivity index (χ0) is 31.3. The molecule has 1 aliphatic heterocycles. The molecule has 13 heteroatoms. The van der Waals surface area contributed by atoms with Gasteiger partial charge in [-0.15, -0.1) is 11.8 Å². The molecule has 6 rings (SSSR count). The molecule has 0 saturated carbocycles. The van der Waals surface area contributed by atoms with Crippen LogP contribution in [0.25, 0.3) is 11.3 Å². The van der Waals surface area contributed by atoms with E-state index in [1.807, 2.05) is 24.3 Å². The van der Waals surface area contributed by atoms with Gasteiger partial charge in [0.05, 0.1) is 42.1 Å². The molecule has 45 heavy (non-hydrogen) atoms. The number of hydrogen-bond acceptors (Lipinski definition) is 9. The van der Waals surface area contributed by atoms with Crippen molar-refractivity contribution in [2.24, 2.45) is 0 Å². The molecule has 1 saturated heterocycles. The van der Waals surface area contributed by atoms with Crippen LogP contribution >= 0.6 is 23.4 Å². The van der Waals surface area contributed by atoms with Crippen LogP contribution in [0.1, 0.15) is 49.7 Å². The van der Waals surface area contributed by atoms with Crippen LogP contribution < -0.4 is 20.1 Å². The third-order valence-corrected chi connectivity index (χ3v) is 9.67. The number of likely N-dealkylation sites (tertiary alicyclic amines) is 1. The average molecular weight is 651 g/mol. The molecule has 0 spiro atoms. The smallest absolute Gasteiger partial charge is 0.243 e. The van der Waals surface area contributed by atoms with Gasteiger partial charge in [-0.1, -0.05) is 30.2 Å². The number of carbonyl (C=O) groups excluding carboxylic acids is 3. The average Bonchev–Trinajstić information content (AvgIpc) is 3.59. The maximum Gasteiger partial charge on any atom is 0.243 e. The van der Waals surface area contributed by atoms with E-state index in [0.29, 0.717) is 54.2 Å². The molecule has 2 atom stereocenters. The van der Waals surface area contributed by atoms with E-state index in [9.17, 15) is 14.4 Å². The Morgan fingerprint density at radius 1 is 1.24 bits per heavy atom. The molecule has 1 fully saturated rings. The van der Waals surface area contributed by atoms with Crippen LogP contribution in [0.15, 0.2) is 42.6 Å². The largest absolute Gasteiger partial charge is 0.493 e. The van der Waals surface area contributed by atoms with Gasteiger partial charge >= 0.3 is 0 Å². The lowest BCUT2D eigenvalue weighted by Gasteiger charge is -2.23. The van der Waals surface area contributed by atoms with Gasteiger partial charge in [0.15, 0.2) is 22.5 Å². The first-order chi connectivity index (χ1) is 21.9. The Bertz CT molecular complexity index is 1630. The predicted molar refractivity (Wildman–Crippen MR) is 173 cm³/mol. The van der Waals surface area contributed by atoms with Crippen LogP contribution in [0.3, 0.4) is 0 Å². The molecule has 0 radical (unpaired) electrons. The number of aromatic nitrogens is 3. The molecule has 2 aromatic heterocycles. The molecule has 2 unspecified atom stereocenters. The number of methoxy groups -OCH3 is 1. The normalized spacial score (nSPS) is 18.8. The molecule has 2 aliphatic carbocycles. The number of aromatic amines is 1. The van der Waals surface area contributed by atoms with Crippen molar-refractivity contribution in [1.82, 2.24) is 25.4 Å². The van der Waals surface area contributed by atoms with Crippen molar-refractivity contribution in [1.29, 1.82) is 0 Å². The molecule has 1 aromatic carbocycles. The van der Waals surface area contributed by atoms with Crippen LogP contribution in [0.2, 0.25) is 5.15 Å². The summed E-state index contributed by atoms with van der Waals surface area (Å²) in [6.07, 6.45) is 10.9. The number of imide groups is 1. The van der Waals surface area contributed by atoms with Crippen LogP contribution in [-0.4, -0.2) is 75.1 Å². The molecule has 3 N–H and O–H groups in total. The molecule has 3 heterocycles. The Hall–Kier alpha value is -4.03. The number of anilines is 2. The highest BCUT2D eigenvalue weighted by Crippen LogP contribution is 2.44. The minimum Gasteiger partial charge on any atom is -0.493 e. The lowest BCUT2D eigenvalue weighted by Crippen LogP contribution is -2.39. The summed E-state index contributed by atoms with van der Waals surface area (Å²) in [7, 11) is 1.60. The number of ether oxygens (including phenoxy) is 2. The Labute approximate surface area is 270 Å². The van der Waals surface area contributed by atoms with Gasteiger partial charge in [0.1, 0.15) is 0 Å². The van der Waals surface area contributed by atoms with Gasteiger partial charge in [-0.05, 0) is 55.5 Å². The summed E-state index contributed by atoms with van der Waals surface area (Å²) < 4.78 is 11.7. The monoisotopic (exact) mass is 650 g/mol. The molecular formula is C32H35ClN6O5S. The number of nitrogens with one attached hydrogen (secondary N) is 3. The van der Waals surface area contributed by atoms with Crippen LogP contribution in [0, 0.1) is 0 Å². The van der Waals surface area contributed by atoms with Gasteiger partial charge in [-0.2, -0.15) is 5.10 Å². The second-order valence-corrected chi connectivity index (χ2v) is 12.7. The van der Waals surface area contributed by atoms with Gasteiger partial charge in [-0.3, -0.25) is 24.4 Å². The Morgan fingerprint density at radius 2 is 2.13 bits per heavy atom. The van der Waals surface area contributed by atoms with Gasteiger partial charge in [0, 0.05) is 36.7 Å². The maximum absolute atomic E-state index is 12.9. The summed E-state index contributed by atoms with van der Waals surface area (Å²) in [4.78, 5) is 43.5. The Balaban J connectivity index is 0.960. The van der Waals surface area contributed by atoms with Crippen LogP contribution in [-0.2, 0) is 20.8 Å². The lowest BCUT2D eigenvalue weighted by atomic mass is 10.1. The highest BCUT2D eigenvalue weighted by Gasteiger charge is 2.42. The standard InChI is InChI=1S/C32H35ClN6O5S/c1-43-24-16-21-19(14-22-29(21)37-38-31(22)36-23-10-6-11-35-30(23)33)15-25(24)44-13-7-12-34-27(40)18-45-26-17-28(41)39(32(26)42)20-8-4-2-3-5-9-20/h4,6,8,10-11,15-16,20,26H,2-3,5,7,9,12-14,17-18H2,1H3,(H,34,40)(H2,36,37,38). The number of benzene rings is 1. The Kier molecular flexibility index (Phi) is 9.60. The fourth-order valence-corrected chi connectivity index (χ4v) is 7.04. The molecule has 0 bridgehead atoms. The van der Waals surface area contributed by atoms with Crippen molar-refractivity contribution in [2.45, 2.75) is 56.2 Å². The number of carbonyl (C=O) groups is 3. The molecule has 3 amide bonds. The Morgan fingerprint density at radius 3 is 2.98 bits per heavy atom. The topological polar surface area (TPSA) is 139 Å². The van der Waals surface area contributed by atoms with Gasteiger partial charge < -0.3 is 20.1 Å². The summed E-state index contributed by atoms with van der Waals surface area (Å²) in [6.45, 7) is 0.798. The van der Waals surface area contributed by atoms with E-state index in [2.05, 4.69) is 31.9 Å². The van der Waals surface area contributed by atoms with E-state index in [4.69, 9.17) is 21.1 Å². The number of hydrogen-bond donors (Lipinski definition) is 3. The van der Waals surface area contributed by atoms with Crippen LogP contribution in [0.4, 0.5) is 11.5 Å². The fourth-order valence-electron chi connectivity index (χ4n) is 5.90.